The van der Waals surface area contributed by atoms with Gasteiger partial charge in [-0.15, -0.1) is 0 Å². The Hall–Kier alpha value is -2.10. The van der Waals surface area contributed by atoms with E-state index in [1.165, 1.54) is 24.3 Å². The van der Waals surface area contributed by atoms with Crippen LogP contribution in [0.15, 0.2) is 36.4 Å². The van der Waals surface area contributed by atoms with Gasteiger partial charge in [0.1, 0.15) is 0 Å². The molecule has 4 rings (SSSR count). The van der Waals surface area contributed by atoms with Gasteiger partial charge in [-0.25, -0.2) is 8.78 Å². The third-order valence-electron chi connectivity index (χ3n) is 5.90. The van der Waals surface area contributed by atoms with Gasteiger partial charge < -0.3 is 10.2 Å². The largest absolute Gasteiger partial charge is 0.505 e. The van der Waals surface area contributed by atoms with Crippen LogP contribution in [0.25, 0.3) is 0 Å². The van der Waals surface area contributed by atoms with Crippen LogP contribution in [0.2, 0.25) is 0 Å². The number of halogens is 2. The molecular formula is C20H20F2O2. The number of fused-ring (bicyclic) bond motifs is 1. The van der Waals surface area contributed by atoms with E-state index in [0.29, 0.717) is 23.7 Å². The Labute approximate surface area is 139 Å². The summed E-state index contributed by atoms with van der Waals surface area (Å²) in [5, 5.41) is 18.7. The highest BCUT2D eigenvalue weighted by Gasteiger charge is 2.42. The van der Waals surface area contributed by atoms with Crippen molar-refractivity contribution in [2.75, 3.05) is 0 Å². The fraction of sp³-hybridized carbons (Fsp3) is 0.400. The monoisotopic (exact) mass is 330 g/mol. The van der Waals surface area contributed by atoms with E-state index >= 15 is 0 Å². The van der Waals surface area contributed by atoms with E-state index in [-0.39, 0.29) is 11.5 Å². The number of phenols is 2. The summed E-state index contributed by atoms with van der Waals surface area (Å²) in [6, 6.07) is 9.40. The van der Waals surface area contributed by atoms with Crippen molar-refractivity contribution >= 4 is 0 Å². The standard InChI is InChI=1S/C20H20F2O2/c21-17-9-11(1-3-19(17)23)13-5-15-7-14(8-16(15)6-13)12-2-4-20(24)18(22)10-12/h1-4,9-10,13-16,23-24H,5-8H2. The highest BCUT2D eigenvalue weighted by atomic mass is 19.1. The van der Waals surface area contributed by atoms with Gasteiger partial charge in [0.15, 0.2) is 23.1 Å². The Morgan fingerprint density at radius 1 is 0.667 bits per heavy atom. The molecule has 2 aliphatic carbocycles. The molecule has 0 aromatic heterocycles. The summed E-state index contributed by atoms with van der Waals surface area (Å²) in [6.07, 6.45) is 4.08. The summed E-state index contributed by atoms with van der Waals surface area (Å²) < 4.78 is 27.1. The van der Waals surface area contributed by atoms with Gasteiger partial charge in [0, 0.05) is 0 Å². The van der Waals surface area contributed by atoms with Crippen LogP contribution in [0, 0.1) is 23.5 Å². The SMILES string of the molecule is Oc1ccc(C2CC3CC(c4ccc(O)c(F)c4)CC3C2)cc1F. The first-order valence-corrected chi connectivity index (χ1v) is 8.48. The molecule has 2 N–H and O–H groups in total. The van der Waals surface area contributed by atoms with E-state index in [4.69, 9.17) is 0 Å². The van der Waals surface area contributed by atoms with Crippen LogP contribution in [-0.4, -0.2) is 10.2 Å². The molecule has 0 amide bonds. The van der Waals surface area contributed by atoms with Crippen LogP contribution in [0.5, 0.6) is 11.5 Å². The van der Waals surface area contributed by atoms with Crippen LogP contribution < -0.4 is 0 Å². The first-order chi connectivity index (χ1) is 11.5. The number of rotatable bonds is 2. The molecule has 0 spiro atoms. The molecule has 2 aromatic rings. The second-order valence-electron chi connectivity index (χ2n) is 7.28. The lowest BCUT2D eigenvalue weighted by molar-refractivity contribution is 0.430. The lowest BCUT2D eigenvalue weighted by Gasteiger charge is -2.16. The molecular weight excluding hydrogens is 310 g/mol. The summed E-state index contributed by atoms with van der Waals surface area (Å²) in [4.78, 5) is 0. The fourth-order valence-electron chi connectivity index (χ4n) is 4.72. The van der Waals surface area contributed by atoms with Crippen LogP contribution in [0.1, 0.15) is 48.6 Å². The highest BCUT2D eigenvalue weighted by Crippen LogP contribution is 2.55. The number of hydrogen-bond donors (Lipinski definition) is 2. The highest BCUT2D eigenvalue weighted by molar-refractivity contribution is 5.33. The molecule has 0 bridgehead atoms. The molecule has 2 saturated carbocycles. The molecule has 0 radical (unpaired) electrons. The minimum absolute atomic E-state index is 0.300. The molecule has 2 nitrogen and oxygen atoms in total. The topological polar surface area (TPSA) is 40.5 Å². The summed E-state index contributed by atoms with van der Waals surface area (Å²) in [5.41, 5.74) is 1.93. The summed E-state index contributed by atoms with van der Waals surface area (Å²) in [6.45, 7) is 0. The van der Waals surface area contributed by atoms with E-state index in [2.05, 4.69) is 0 Å². The second kappa shape index (κ2) is 5.76. The number of benzene rings is 2. The zero-order chi connectivity index (χ0) is 16.8. The fourth-order valence-corrected chi connectivity index (χ4v) is 4.72. The van der Waals surface area contributed by atoms with E-state index < -0.39 is 11.6 Å². The lowest BCUT2D eigenvalue weighted by Crippen LogP contribution is -2.00. The second-order valence-corrected chi connectivity index (χ2v) is 7.28. The van der Waals surface area contributed by atoms with Crippen molar-refractivity contribution in [3.63, 3.8) is 0 Å². The van der Waals surface area contributed by atoms with E-state index in [1.807, 2.05) is 12.1 Å². The Morgan fingerprint density at radius 2 is 1.04 bits per heavy atom. The zero-order valence-corrected chi connectivity index (χ0v) is 13.3. The van der Waals surface area contributed by atoms with Crippen LogP contribution in [0.3, 0.4) is 0 Å². The number of phenolic OH excluding ortho intramolecular Hbond substituents is 2. The molecule has 0 aliphatic heterocycles. The third kappa shape index (κ3) is 2.64. The molecule has 2 aliphatic rings. The molecule has 24 heavy (non-hydrogen) atoms. The maximum Gasteiger partial charge on any atom is 0.165 e. The molecule has 2 fully saturated rings. The number of aromatic hydroxyl groups is 2. The summed E-state index contributed by atoms with van der Waals surface area (Å²) in [5.74, 6) is 0.129. The van der Waals surface area contributed by atoms with Crippen molar-refractivity contribution in [3.05, 3.63) is 59.2 Å². The normalized spacial score (nSPS) is 28.9. The van der Waals surface area contributed by atoms with Crippen LogP contribution >= 0.6 is 0 Å². The first-order valence-electron chi connectivity index (χ1n) is 8.48. The molecule has 4 heteroatoms. The Kier molecular flexibility index (Phi) is 3.70. The predicted molar refractivity (Wildman–Crippen MR) is 87.1 cm³/mol. The molecule has 0 atom stereocenters. The molecule has 0 unspecified atom stereocenters. The minimum atomic E-state index is -0.554. The Bertz CT molecular complexity index is 697. The van der Waals surface area contributed by atoms with E-state index in [9.17, 15) is 19.0 Å². The summed E-state index contributed by atoms with van der Waals surface area (Å²) in [7, 11) is 0. The molecule has 2 aromatic carbocycles. The smallest absolute Gasteiger partial charge is 0.165 e. The maximum atomic E-state index is 13.6. The molecule has 126 valence electrons. The quantitative estimate of drug-likeness (QED) is 0.807. The zero-order valence-electron chi connectivity index (χ0n) is 13.3. The maximum absolute atomic E-state index is 13.6. The van der Waals surface area contributed by atoms with Crippen molar-refractivity contribution in [2.24, 2.45) is 11.8 Å². The average molecular weight is 330 g/mol. The van der Waals surface area contributed by atoms with Gasteiger partial charge in [-0.3, -0.25) is 0 Å². The van der Waals surface area contributed by atoms with Crippen molar-refractivity contribution in [3.8, 4) is 11.5 Å². The van der Waals surface area contributed by atoms with Gasteiger partial charge in [-0.05, 0) is 84.7 Å². The Morgan fingerprint density at radius 3 is 1.38 bits per heavy atom. The van der Waals surface area contributed by atoms with Crippen molar-refractivity contribution in [1.82, 2.24) is 0 Å². The lowest BCUT2D eigenvalue weighted by atomic mass is 9.89. The summed E-state index contributed by atoms with van der Waals surface area (Å²) >= 11 is 0. The van der Waals surface area contributed by atoms with Crippen molar-refractivity contribution in [1.29, 1.82) is 0 Å². The molecule has 0 heterocycles. The van der Waals surface area contributed by atoms with Crippen LogP contribution in [0.4, 0.5) is 8.78 Å². The minimum Gasteiger partial charge on any atom is -0.505 e. The molecule has 0 saturated heterocycles. The first kappa shape index (κ1) is 15.4. The number of hydrogen-bond acceptors (Lipinski definition) is 2. The van der Waals surface area contributed by atoms with Gasteiger partial charge in [0.2, 0.25) is 0 Å². The van der Waals surface area contributed by atoms with E-state index in [0.717, 1.165) is 36.8 Å². The van der Waals surface area contributed by atoms with Gasteiger partial charge in [-0.1, -0.05) is 12.1 Å². The van der Waals surface area contributed by atoms with Gasteiger partial charge in [-0.2, -0.15) is 0 Å². The van der Waals surface area contributed by atoms with Crippen molar-refractivity contribution in [2.45, 2.75) is 37.5 Å². The van der Waals surface area contributed by atoms with Crippen molar-refractivity contribution < 1.29 is 19.0 Å². The third-order valence-corrected chi connectivity index (χ3v) is 5.90. The predicted octanol–water partition coefficient (Wildman–Crippen LogP) is 5.06. The van der Waals surface area contributed by atoms with Gasteiger partial charge in [0.25, 0.3) is 0 Å². The Balaban J connectivity index is 1.46. The van der Waals surface area contributed by atoms with Gasteiger partial charge >= 0.3 is 0 Å². The van der Waals surface area contributed by atoms with Crippen LogP contribution in [-0.2, 0) is 0 Å². The average Bonchev–Trinajstić information content (AvgIpc) is 3.11. The van der Waals surface area contributed by atoms with Gasteiger partial charge in [0.05, 0.1) is 0 Å². The van der Waals surface area contributed by atoms with E-state index in [1.54, 1.807) is 0 Å².